The largest absolute Gasteiger partial charge is 0.497 e. The molecule has 0 saturated carbocycles. The Morgan fingerprint density at radius 3 is 2.44 bits per heavy atom. The minimum Gasteiger partial charge on any atom is -0.497 e. The van der Waals surface area contributed by atoms with Crippen LogP contribution in [0.1, 0.15) is 19.7 Å². The summed E-state index contributed by atoms with van der Waals surface area (Å²) in [5.41, 5.74) is 1.49. The number of imidazole rings is 1. The Hall–Kier alpha value is -2.03. The molecule has 0 aliphatic carbocycles. The van der Waals surface area contributed by atoms with Crippen molar-refractivity contribution in [3.8, 4) is 5.75 Å². The summed E-state index contributed by atoms with van der Waals surface area (Å²) in [4.78, 5) is 9.20. The molecule has 0 saturated heterocycles. The third-order valence-corrected chi connectivity index (χ3v) is 7.35. The molecule has 3 rings (SSSR count). The van der Waals surface area contributed by atoms with Gasteiger partial charge in [0.2, 0.25) is 10.0 Å². The highest BCUT2D eigenvalue weighted by atomic mass is 32.2. The number of rotatable bonds is 8. The lowest BCUT2D eigenvalue weighted by molar-refractivity contribution is 0.414. The molecule has 27 heavy (non-hydrogen) atoms. The van der Waals surface area contributed by atoms with Crippen molar-refractivity contribution in [1.82, 2.24) is 14.3 Å². The monoisotopic (exact) mass is 405 g/mol. The Bertz CT molecular complexity index is 1010. The first-order valence-corrected chi connectivity index (χ1v) is 11.2. The number of aromatic nitrogens is 2. The first kappa shape index (κ1) is 19.7. The molecule has 3 aromatic rings. The number of benzene rings is 2. The zero-order valence-corrected chi connectivity index (χ0v) is 17.2. The lowest BCUT2D eigenvalue weighted by atomic mass is 10.3. The maximum absolute atomic E-state index is 12.7. The summed E-state index contributed by atoms with van der Waals surface area (Å²) >= 11 is 1.65. The first-order valence-electron chi connectivity index (χ1n) is 8.73. The molecular weight excluding hydrogens is 382 g/mol. The number of ether oxygens (including phenoxy) is 1. The van der Waals surface area contributed by atoms with E-state index in [1.165, 1.54) is 4.31 Å². The van der Waals surface area contributed by atoms with Crippen LogP contribution < -0.4 is 4.74 Å². The molecule has 2 aromatic carbocycles. The number of thioether (sulfide) groups is 1. The number of H-pyrrole nitrogens is 1. The molecular formula is C19H23N3O3S2. The van der Waals surface area contributed by atoms with Gasteiger partial charge in [-0.1, -0.05) is 13.8 Å². The van der Waals surface area contributed by atoms with E-state index in [0.29, 0.717) is 18.8 Å². The molecule has 1 heterocycles. The van der Waals surface area contributed by atoms with Gasteiger partial charge in [-0.2, -0.15) is 4.31 Å². The Kier molecular flexibility index (Phi) is 6.08. The average molecular weight is 406 g/mol. The number of nitrogens with one attached hydrogen (secondary N) is 1. The molecule has 0 bridgehead atoms. The average Bonchev–Trinajstić information content (AvgIpc) is 3.09. The van der Waals surface area contributed by atoms with Crippen molar-refractivity contribution in [3.63, 3.8) is 0 Å². The highest BCUT2D eigenvalue weighted by Crippen LogP contribution is 2.26. The van der Waals surface area contributed by atoms with Crippen molar-refractivity contribution < 1.29 is 13.2 Å². The molecule has 0 aliphatic rings. The Balaban J connectivity index is 1.79. The van der Waals surface area contributed by atoms with E-state index in [9.17, 15) is 8.42 Å². The van der Waals surface area contributed by atoms with Gasteiger partial charge >= 0.3 is 0 Å². The zero-order chi connectivity index (χ0) is 19.4. The lowest BCUT2D eigenvalue weighted by Crippen LogP contribution is -2.30. The molecule has 0 spiro atoms. The van der Waals surface area contributed by atoms with Crippen molar-refractivity contribution in [1.29, 1.82) is 0 Å². The molecule has 6 nitrogen and oxygen atoms in total. The van der Waals surface area contributed by atoms with E-state index in [4.69, 9.17) is 4.74 Å². The molecule has 8 heteroatoms. The number of nitrogens with zero attached hydrogens (tertiary/aromatic N) is 2. The number of sulfonamides is 1. The van der Waals surface area contributed by atoms with Crippen LogP contribution >= 0.6 is 11.8 Å². The predicted octanol–water partition coefficient (Wildman–Crippen LogP) is 3.89. The van der Waals surface area contributed by atoms with E-state index < -0.39 is 10.0 Å². The van der Waals surface area contributed by atoms with E-state index in [-0.39, 0.29) is 4.90 Å². The van der Waals surface area contributed by atoms with Gasteiger partial charge in [0.1, 0.15) is 11.6 Å². The number of fused-ring (bicyclic) bond motifs is 1. The first-order chi connectivity index (χ1) is 13.0. The van der Waals surface area contributed by atoms with Crippen molar-refractivity contribution in [2.75, 3.05) is 20.2 Å². The predicted molar refractivity (Wildman–Crippen MR) is 109 cm³/mol. The van der Waals surface area contributed by atoms with E-state index in [0.717, 1.165) is 27.5 Å². The summed E-state index contributed by atoms with van der Waals surface area (Å²) in [6.45, 7) is 4.57. The molecule has 0 aliphatic heterocycles. The number of hydrogen-bond donors (Lipinski definition) is 1. The second-order valence-corrected chi connectivity index (χ2v) is 8.90. The highest BCUT2D eigenvalue weighted by Gasteiger charge is 2.22. The summed E-state index contributed by atoms with van der Waals surface area (Å²) in [6, 6.07) is 12.9. The van der Waals surface area contributed by atoms with Crippen LogP contribution in [-0.4, -0.2) is 42.9 Å². The van der Waals surface area contributed by atoms with Crippen LogP contribution in [-0.2, 0) is 15.8 Å². The van der Waals surface area contributed by atoms with Gasteiger partial charge in [0, 0.05) is 18.0 Å². The van der Waals surface area contributed by atoms with E-state index in [1.807, 2.05) is 38.1 Å². The molecule has 0 amide bonds. The van der Waals surface area contributed by atoms with Gasteiger partial charge in [-0.3, -0.25) is 0 Å². The fourth-order valence-electron chi connectivity index (χ4n) is 2.81. The van der Waals surface area contributed by atoms with Crippen LogP contribution in [0.3, 0.4) is 0 Å². The van der Waals surface area contributed by atoms with E-state index >= 15 is 0 Å². The van der Waals surface area contributed by atoms with Crippen LogP contribution in [0.15, 0.2) is 52.3 Å². The summed E-state index contributed by atoms with van der Waals surface area (Å²) in [5.74, 6) is 2.30. The highest BCUT2D eigenvalue weighted by molar-refractivity contribution is 7.98. The van der Waals surface area contributed by atoms with Gasteiger partial charge in [0.15, 0.2) is 0 Å². The lowest BCUT2D eigenvalue weighted by Gasteiger charge is -2.18. The van der Waals surface area contributed by atoms with Crippen LogP contribution in [0.5, 0.6) is 5.75 Å². The summed E-state index contributed by atoms with van der Waals surface area (Å²) in [5, 5.41) is 0. The van der Waals surface area contributed by atoms with E-state index in [2.05, 4.69) is 9.97 Å². The number of methoxy groups -OCH3 is 1. The Morgan fingerprint density at radius 1 is 1.11 bits per heavy atom. The fraction of sp³-hybridized carbons (Fsp3) is 0.316. The maximum Gasteiger partial charge on any atom is 0.243 e. The smallest absolute Gasteiger partial charge is 0.243 e. The van der Waals surface area contributed by atoms with Crippen molar-refractivity contribution in [2.24, 2.45) is 0 Å². The van der Waals surface area contributed by atoms with Gasteiger partial charge in [-0.15, -0.1) is 11.8 Å². The second kappa shape index (κ2) is 8.33. The minimum atomic E-state index is -3.48. The van der Waals surface area contributed by atoms with Crippen molar-refractivity contribution in [2.45, 2.75) is 29.4 Å². The summed E-state index contributed by atoms with van der Waals surface area (Å²) in [7, 11) is -1.83. The normalized spacial score (nSPS) is 12.0. The van der Waals surface area contributed by atoms with Crippen molar-refractivity contribution in [3.05, 3.63) is 48.3 Å². The standard InChI is InChI=1S/C19H23N3O3S2/c1-4-22(5-2)27(23,24)16-10-11-17-18(12-16)21-19(20-17)13-26-15-8-6-14(25-3)7-9-15/h6-12H,4-5,13H2,1-3H3,(H,20,21). The molecule has 0 atom stereocenters. The van der Waals surface area contributed by atoms with Crippen LogP contribution in [0.25, 0.3) is 11.0 Å². The molecule has 1 aromatic heterocycles. The topological polar surface area (TPSA) is 75.3 Å². The Morgan fingerprint density at radius 2 is 1.81 bits per heavy atom. The Labute approximate surface area is 164 Å². The third-order valence-electron chi connectivity index (χ3n) is 4.28. The van der Waals surface area contributed by atoms with Crippen LogP contribution in [0.2, 0.25) is 0 Å². The third kappa shape index (κ3) is 4.28. The number of aromatic amines is 1. The quantitative estimate of drug-likeness (QED) is 0.576. The molecule has 0 fully saturated rings. The van der Waals surface area contributed by atoms with Gasteiger partial charge in [-0.05, 0) is 42.5 Å². The van der Waals surface area contributed by atoms with Gasteiger partial charge in [-0.25, -0.2) is 13.4 Å². The molecule has 1 N–H and O–H groups in total. The summed E-state index contributed by atoms with van der Waals surface area (Å²) in [6.07, 6.45) is 0. The van der Waals surface area contributed by atoms with Crippen LogP contribution in [0, 0.1) is 0 Å². The van der Waals surface area contributed by atoms with Gasteiger partial charge in [0.05, 0.1) is 28.8 Å². The molecule has 0 radical (unpaired) electrons. The SMILES string of the molecule is CCN(CC)S(=O)(=O)c1ccc2nc(CSc3ccc(OC)cc3)[nH]c2c1. The van der Waals surface area contributed by atoms with Crippen molar-refractivity contribution >= 4 is 32.8 Å². The van der Waals surface area contributed by atoms with Gasteiger partial charge < -0.3 is 9.72 Å². The second-order valence-electron chi connectivity index (χ2n) is 5.92. The zero-order valence-electron chi connectivity index (χ0n) is 15.6. The number of hydrogen-bond acceptors (Lipinski definition) is 5. The molecule has 144 valence electrons. The minimum absolute atomic E-state index is 0.289. The molecule has 0 unspecified atom stereocenters. The maximum atomic E-state index is 12.7. The van der Waals surface area contributed by atoms with Crippen LogP contribution in [0.4, 0.5) is 0 Å². The van der Waals surface area contributed by atoms with Gasteiger partial charge in [0.25, 0.3) is 0 Å². The fourth-order valence-corrected chi connectivity index (χ4v) is 5.06. The van der Waals surface area contributed by atoms with E-state index in [1.54, 1.807) is 37.1 Å². The summed E-state index contributed by atoms with van der Waals surface area (Å²) < 4.78 is 32.0.